The summed E-state index contributed by atoms with van der Waals surface area (Å²) in [6, 6.07) is 8.56. The van der Waals surface area contributed by atoms with Gasteiger partial charge in [0.15, 0.2) is 0 Å². The quantitative estimate of drug-likeness (QED) is 0.877. The number of ether oxygens (including phenoxy) is 1. The van der Waals surface area contributed by atoms with Crippen LogP contribution in [0.5, 0.6) is 0 Å². The lowest BCUT2D eigenvalue weighted by atomic mass is 10.1. The van der Waals surface area contributed by atoms with Gasteiger partial charge in [-0.1, -0.05) is 13.0 Å². The molecule has 0 aliphatic carbocycles. The third-order valence-electron chi connectivity index (χ3n) is 3.98. The molecule has 0 fully saturated rings. The fraction of sp³-hybridized carbons (Fsp3) is 0.316. The van der Waals surface area contributed by atoms with Crippen LogP contribution in [0.15, 0.2) is 36.5 Å². The molecule has 2 heterocycles. The maximum atomic E-state index is 12.5. The highest BCUT2D eigenvalue weighted by Crippen LogP contribution is 2.19. The van der Waals surface area contributed by atoms with Gasteiger partial charge in [0.05, 0.1) is 25.1 Å². The van der Waals surface area contributed by atoms with Crippen LogP contribution in [0.4, 0.5) is 5.69 Å². The molecular weight excluding hydrogens is 318 g/mol. The van der Waals surface area contributed by atoms with Gasteiger partial charge in [-0.25, -0.2) is 0 Å². The molecule has 25 heavy (non-hydrogen) atoms. The summed E-state index contributed by atoms with van der Waals surface area (Å²) in [6.07, 6.45) is 3.30. The molecule has 6 nitrogen and oxygen atoms in total. The van der Waals surface area contributed by atoms with Crippen molar-refractivity contribution in [3.8, 4) is 0 Å². The number of aromatic nitrogens is 1. The van der Waals surface area contributed by atoms with Crippen molar-refractivity contribution in [1.29, 1.82) is 0 Å². The number of pyridine rings is 1. The minimum absolute atomic E-state index is 0.177. The Morgan fingerprint density at radius 1 is 1.20 bits per heavy atom. The second-order valence-electron chi connectivity index (χ2n) is 5.92. The Balaban J connectivity index is 1.72. The number of anilines is 1. The normalized spacial score (nSPS) is 13.0. The average Bonchev–Trinajstić information content (AvgIpc) is 2.66. The molecule has 0 unspecified atom stereocenters. The van der Waals surface area contributed by atoms with Gasteiger partial charge in [-0.15, -0.1) is 0 Å². The summed E-state index contributed by atoms with van der Waals surface area (Å²) in [5.41, 5.74) is 3.53. The van der Waals surface area contributed by atoms with Gasteiger partial charge in [-0.3, -0.25) is 14.6 Å². The van der Waals surface area contributed by atoms with E-state index in [0.717, 1.165) is 24.1 Å². The van der Waals surface area contributed by atoms with Crippen molar-refractivity contribution in [1.82, 2.24) is 10.3 Å². The molecule has 0 spiro atoms. The highest BCUT2D eigenvalue weighted by Gasteiger charge is 2.14. The molecule has 1 aromatic carbocycles. The topological polar surface area (TPSA) is 80.3 Å². The predicted molar refractivity (Wildman–Crippen MR) is 94.6 cm³/mol. The Kier molecular flexibility index (Phi) is 5.40. The number of benzene rings is 1. The highest BCUT2D eigenvalue weighted by atomic mass is 16.5. The van der Waals surface area contributed by atoms with E-state index in [0.29, 0.717) is 36.6 Å². The molecule has 130 valence electrons. The predicted octanol–water partition coefficient (Wildman–Crippen LogP) is 2.55. The number of rotatable bonds is 5. The van der Waals surface area contributed by atoms with Crippen molar-refractivity contribution in [2.45, 2.75) is 26.4 Å². The van der Waals surface area contributed by atoms with E-state index in [4.69, 9.17) is 4.74 Å². The maximum Gasteiger partial charge on any atom is 0.255 e. The summed E-state index contributed by atoms with van der Waals surface area (Å²) in [4.78, 5) is 28.9. The molecule has 1 aliphatic rings. The highest BCUT2D eigenvalue weighted by molar-refractivity contribution is 6.06. The molecule has 3 rings (SSSR count). The van der Waals surface area contributed by atoms with Crippen molar-refractivity contribution < 1.29 is 14.3 Å². The van der Waals surface area contributed by atoms with Crippen molar-refractivity contribution in [3.05, 3.63) is 58.9 Å². The van der Waals surface area contributed by atoms with E-state index in [1.54, 1.807) is 30.5 Å². The van der Waals surface area contributed by atoms with Gasteiger partial charge in [0.2, 0.25) is 0 Å². The molecule has 1 aromatic heterocycles. The Morgan fingerprint density at radius 3 is 2.80 bits per heavy atom. The van der Waals surface area contributed by atoms with E-state index in [-0.39, 0.29) is 11.8 Å². The molecular formula is C19H21N3O3. The summed E-state index contributed by atoms with van der Waals surface area (Å²) in [5, 5.41) is 5.63. The molecule has 0 bridgehead atoms. The molecule has 2 aromatic rings. The standard InChI is InChI=1S/C19H21N3O3/c1-2-7-20-18(23)13-4-3-5-14(9-13)19(24)22-16-10-15-12-25-8-6-17(15)21-11-16/h3-5,9-11H,2,6-8,12H2,1H3,(H,20,23)(H,22,24). The minimum Gasteiger partial charge on any atom is -0.376 e. The first-order chi connectivity index (χ1) is 12.2. The van der Waals surface area contributed by atoms with Gasteiger partial charge in [-0.05, 0) is 30.7 Å². The fourth-order valence-corrected chi connectivity index (χ4v) is 2.65. The zero-order chi connectivity index (χ0) is 17.6. The summed E-state index contributed by atoms with van der Waals surface area (Å²) in [5.74, 6) is -0.451. The van der Waals surface area contributed by atoms with Crippen LogP contribution in [-0.4, -0.2) is 29.9 Å². The molecule has 0 saturated heterocycles. The van der Waals surface area contributed by atoms with Gasteiger partial charge >= 0.3 is 0 Å². The van der Waals surface area contributed by atoms with Gasteiger partial charge in [-0.2, -0.15) is 0 Å². The van der Waals surface area contributed by atoms with Crippen LogP contribution in [0.3, 0.4) is 0 Å². The molecule has 2 N–H and O–H groups in total. The number of amides is 2. The monoisotopic (exact) mass is 339 g/mol. The van der Waals surface area contributed by atoms with E-state index in [2.05, 4.69) is 15.6 Å². The molecule has 0 saturated carbocycles. The average molecular weight is 339 g/mol. The lowest BCUT2D eigenvalue weighted by Gasteiger charge is -2.16. The molecule has 6 heteroatoms. The van der Waals surface area contributed by atoms with Crippen molar-refractivity contribution >= 4 is 17.5 Å². The summed E-state index contributed by atoms with van der Waals surface area (Å²) < 4.78 is 5.42. The van der Waals surface area contributed by atoms with E-state index in [1.165, 1.54) is 0 Å². The Morgan fingerprint density at radius 2 is 2.00 bits per heavy atom. The third kappa shape index (κ3) is 4.22. The van der Waals surface area contributed by atoms with E-state index in [9.17, 15) is 9.59 Å². The zero-order valence-electron chi connectivity index (χ0n) is 14.2. The fourth-order valence-electron chi connectivity index (χ4n) is 2.65. The summed E-state index contributed by atoms with van der Waals surface area (Å²) in [7, 11) is 0. The number of nitrogens with zero attached hydrogens (tertiary/aromatic N) is 1. The van der Waals surface area contributed by atoms with Crippen molar-refractivity contribution in [2.75, 3.05) is 18.5 Å². The number of hydrogen-bond acceptors (Lipinski definition) is 4. The molecule has 0 atom stereocenters. The summed E-state index contributed by atoms with van der Waals surface area (Å²) in [6.45, 7) is 3.79. The third-order valence-corrected chi connectivity index (χ3v) is 3.98. The van der Waals surface area contributed by atoms with Crippen LogP contribution in [0.25, 0.3) is 0 Å². The zero-order valence-corrected chi connectivity index (χ0v) is 14.2. The van der Waals surface area contributed by atoms with Crippen LogP contribution >= 0.6 is 0 Å². The molecule has 1 aliphatic heterocycles. The minimum atomic E-state index is -0.274. The Labute approximate surface area is 146 Å². The number of fused-ring (bicyclic) bond motifs is 1. The van der Waals surface area contributed by atoms with Crippen LogP contribution in [0.2, 0.25) is 0 Å². The lowest BCUT2D eigenvalue weighted by molar-refractivity contribution is 0.0953. The number of carbonyl (C=O) groups excluding carboxylic acids is 2. The van der Waals surface area contributed by atoms with E-state index >= 15 is 0 Å². The molecule has 2 amide bonds. The van der Waals surface area contributed by atoms with Crippen LogP contribution in [0, 0.1) is 0 Å². The smallest absolute Gasteiger partial charge is 0.255 e. The first-order valence-electron chi connectivity index (χ1n) is 8.42. The van der Waals surface area contributed by atoms with Gasteiger partial charge in [0, 0.05) is 35.3 Å². The van der Waals surface area contributed by atoms with Crippen LogP contribution < -0.4 is 10.6 Å². The van der Waals surface area contributed by atoms with Gasteiger partial charge < -0.3 is 15.4 Å². The van der Waals surface area contributed by atoms with Gasteiger partial charge in [0.1, 0.15) is 0 Å². The van der Waals surface area contributed by atoms with Crippen molar-refractivity contribution in [3.63, 3.8) is 0 Å². The second-order valence-corrected chi connectivity index (χ2v) is 5.92. The first-order valence-corrected chi connectivity index (χ1v) is 8.42. The first kappa shape index (κ1) is 17.1. The summed E-state index contributed by atoms with van der Waals surface area (Å²) >= 11 is 0. The lowest BCUT2D eigenvalue weighted by Crippen LogP contribution is -2.24. The maximum absolute atomic E-state index is 12.5. The van der Waals surface area contributed by atoms with E-state index < -0.39 is 0 Å². The SMILES string of the molecule is CCCNC(=O)c1cccc(C(=O)Nc2cnc3c(c2)COCC3)c1. The van der Waals surface area contributed by atoms with Crippen LogP contribution in [0.1, 0.15) is 45.3 Å². The van der Waals surface area contributed by atoms with Crippen molar-refractivity contribution in [2.24, 2.45) is 0 Å². The second kappa shape index (κ2) is 7.90. The molecule has 0 radical (unpaired) electrons. The van der Waals surface area contributed by atoms with Gasteiger partial charge in [0.25, 0.3) is 11.8 Å². The number of hydrogen-bond donors (Lipinski definition) is 2. The Bertz CT molecular complexity index is 789. The largest absolute Gasteiger partial charge is 0.376 e. The van der Waals surface area contributed by atoms with Crippen LogP contribution in [-0.2, 0) is 17.8 Å². The van der Waals surface area contributed by atoms with E-state index in [1.807, 2.05) is 13.0 Å². The Hall–Kier alpha value is -2.73. The number of nitrogens with one attached hydrogen (secondary N) is 2. The number of carbonyl (C=O) groups is 2.